The summed E-state index contributed by atoms with van der Waals surface area (Å²) in [6, 6.07) is 8.78. The molecular weight excluding hydrogens is 301 g/mol. The average Bonchev–Trinajstić information content (AvgIpc) is 2.56. The number of amides is 1. The number of rotatable bonds is 3. The Morgan fingerprint density at radius 3 is 2.70 bits per heavy atom. The number of carbonyl (C=O) groups is 1. The van der Waals surface area contributed by atoms with Gasteiger partial charge in [-0.05, 0) is 36.6 Å². The number of hydrogen-bond acceptors (Lipinski definition) is 4. The molecule has 1 aliphatic heterocycles. The first kappa shape index (κ1) is 15.4. The normalized spacial score (nSPS) is 16.7. The third-order valence-electron chi connectivity index (χ3n) is 3.99. The summed E-state index contributed by atoms with van der Waals surface area (Å²) < 4.78 is 19.0. The van der Waals surface area contributed by atoms with Crippen LogP contribution < -0.4 is 10.9 Å². The molecule has 1 aliphatic rings. The Labute approximate surface area is 131 Å². The standard InChI is InChI=1S/C16H16FN3O3/c17-12-3-1-2-11(10-12)16(6-8-23-9-7-16)18-15(22)13-4-5-14(21)20-19-13/h1-5,10H,6-9H2,(H,18,22)(H,20,21). The van der Waals surface area contributed by atoms with Crippen molar-refractivity contribution in [3.8, 4) is 0 Å². The molecule has 1 fully saturated rings. The SMILES string of the molecule is O=C(NC1(c2cccc(F)c2)CCOCC1)c1ccc(=O)[nH]n1. The van der Waals surface area contributed by atoms with Crippen LogP contribution in [0.25, 0.3) is 0 Å². The second-order valence-electron chi connectivity index (χ2n) is 5.47. The van der Waals surface area contributed by atoms with Crippen LogP contribution in [0.4, 0.5) is 4.39 Å². The van der Waals surface area contributed by atoms with Gasteiger partial charge in [-0.15, -0.1) is 0 Å². The molecule has 0 atom stereocenters. The first-order chi connectivity index (χ1) is 11.1. The van der Waals surface area contributed by atoms with Crippen LogP contribution in [0.3, 0.4) is 0 Å². The summed E-state index contributed by atoms with van der Waals surface area (Å²) in [4.78, 5) is 23.5. The van der Waals surface area contributed by atoms with Crippen molar-refractivity contribution in [1.82, 2.24) is 15.5 Å². The van der Waals surface area contributed by atoms with Crippen LogP contribution in [0.5, 0.6) is 0 Å². The molecule has 23 heavy (non-hydrogen) atoms. The number of aromatic nitrogens is 2. The number of benzene rings is 1. The van der Waals surface area contributed by atoms with Crippen molar-refractivity contribution in [2.45, 2.75) is 18.4 Å². The second-order valence-corrected chi connectivity index (χ2v) is 5.47. The van der Waals surface area contributed by atoms with Gasteiger partial charge in [-0.3, -0.25) is 9.59 Å². The average molecular weight is 317 g/mol. The van der Waals surface area contributed by atoms with Crippen molar-refractivity contribution in [2.75, 3.05) is 13.2 Å². The summed E-state index contributed by atoms with van der Waals surface area (Å²) in [5.41, 5.74) is -0.298. The van der Waals surface area contributed by atoms with Gasteiger partial charge in [0, 0.05) is 19.3 Å². The number of carbonyl (C=O) groups excluding carboxylic acids is 1. The highest BCUT2D eigenvalue weighted by Gasteiger charge is 2.36. The maximum absolute atomic E-state index is 13.6. The summed E-state index contributed by atoms with van der Waals surface area (Å²) in [5, 5.41) is 8.90. The van der Waals surface area contributed by atoms with E-state index < -0.39 is 11.4 Å². The smallest absolute Gasteiger partial charge is 0.272 e. The van der Waals surface area contributed by atoms with Gasteiger partial charge in [0.1, 0.15) is 11.5 Å². The van der Waals surface area contributed by atoms with Gasteiger partial charge in [0.2, 0.25) is 0 Å². The van der Waals surface area contributed by atoms with Gasteiger partial charge in [0.05, 0.1) is 5.54 Å². The molecule has 3 rings (SSSR count). The van der Waals surface area contributed by atoms with Crippen LogP contribution in [-0.2, 0) is 10.3 Å². The number of halogens is 1. The summed E-state index contributed by atoms with van der Waals surface area (Å²) >= 11 is 0. The van der Waals surface area contributed by atoms with E-state index in [-0.39, 0.29) is 17.1 Å². The minimum Gasteiger partial charge on any atom is -0.381 e. The predicted molar refractivity (Wildman–Crippen MR) is 80.5 cm³/mol. The summed E-state index contributed by atoms with van der Waals surface area (Å²) in [5.74, 6) is -0.780. The minimum absolute atomic E-state index is 0.104. The second kappa shape index (κ2) is 6.29. The largest absolute Gasteiger partial charge is 0.381 e. The van der Waals surface area contributed by atoms with Crippen molar-refractivity contribution in [1.29, 1.82) is 0 Å². The molecule has 2 N–H and O–H groups in total. The molecule has 2 heterocycles. The maximum atomic E-state index is 13.6. The molecular formula is C16H16FN3O3. The van der Waals surface area contributed by atoms with Gasteiger partial charge < -0.3 is 10.1 Å². The van der Waals surface area contributed by atoms with E-state index in [2.05, 4.69) is 15.5 Å². The highest BCUT2D eigenvalue weighted by atomic mass is 19.1. The molecule has 1 amide bonds. The van der Waals surface area contributed by atoms with Gasteiger partial charge in [-0.25, -0.2) is 9.49 Å². The first-order valence-electron chi connectivity index (χ1n) is 7.31. The van der Waals surface area contributed by atoms with Gasteiger partial charge in [0.15, 0.2) is 0 Å². The molecule has 7 heteroatoms. The molecule has 0 bridgehead atoms. The lowest BCUT2D eigenvalue weighted by Crippen LogP contribution is -2.49. The number of ether oxygens (including phenoxy) is 1. The third kappa shape index (κ3) is 3.29. The summed E-state index contributed by atoms with van der Waals surface area (Å²) in [6.45, 7) is 0.936. The Hall–Kier alpha value is -2.54. The maximum Gasteiger partial charge on any atom is 0.272 e. The Morgan fingerprint density at radius 2 is 2.04 bits per heavy atom. The number of nitrogens with zero attached hydrogens (tertiary/aromatic N) is 1. The molecule has 0 unspecified atom stereocenters. The Morgan fingerprint density at radius 1 is 1.26 bits per heavy atom. The van der Waals surface area contributed by atoms with Crippen molar-refractivity contribution in [3.05, 3.63) is 63.8 Å². The topological polar surface area (TPSA) is 84.1 Å². The van der Waals surface area contributed by atoms with Crippen LogP contribution in [0, 0.1) is 5.82 Å². The fourth-order valence-corrected chi connectivity index (χ4v) is 2.74. The zero-order valence-electron chi connectivity index (χ0n) is 12.3. The Kier molecular flexibility index (Phi) is 4.20. The number of aromatic amines is 1. The van der Waals surface area contributed by atoms with Crippen molar-refractivity contribution in [2.24, 2.45) is 0 Å². The number of nitrogens with one attached hydrogen (secondary N) is 2. The van der Waals surface area contributed by atoms with Crippen molar-refractivity contribution in [3.63, 3.8) is 0 Å². The van der Waals surface area contributed by atoms with Crippen LogP contribution in [-0.4, -0.2) is 29.3 Å². The van der Waals surface area contributed by atoms with Gasteiger partial charge in [-0.1, -0.05) is 12.1 Å². The van der Waals surface area contributed by atoms with Crippen molar-refractivity contribution >= 4 is 5.91 Å². The third-order valence-corrected chi connectivity index (χ3v) is 3.99. The van der Waals surface area contributed by atoms with E-state index in [0.717, 1.165) is 0 Å². The molecule has 1 saturated heterocycles. The predicted octanol–water partition coefficient (Wildman–Crippen LogP) is 1.34. The van der Waals surface area contributed by atoms with Crippen LogP contribution in [0.1, 0.15) is 28.9 Å². The van der Waals surface area contributed by atoms with Crippen LogP contribution >= 0.6 is 0 Å². The first-order valence-corrected chi connectivity index (χ1v) is 7.31. The summed E-state index contributed by atoms with van der Waals surface area (Å²) in [6.07, 6.45) is 1.07. The highest BCUT2D eigenvalue weighted by Crippen LogP contribution is 2.32. The van der Waals surface area contributed by atoms with Crippen LogP contribution in [0.2, 0.25) is 0 Å². The molecule has 1 aromatic heterocycles. The lowest BCUT2D eigenvalue weighted by molar-refractivity contribution is 0.0342. The molecule has 0 saturated carbocycles. The highest BCUT2D eigenvalue weighted by molar-refractivity contribution is 5.92. The fourth-order valence-electron chi connectivity index (χ4n) is 2.74. The molecule has 0 aliphatic carbocycles. The van der Waals surface area contributed by atoms with E-state index in [9.17, 15) is 14.0 Å². The summed E-state index contributed by atoms with van der Waals surface area (Å²) in [7, 11) is 0. The molecule has 0 radical (unpaired) electrons. The minimum atomic E-state index is -0.713. The number of H-pyrrole nitrogens is 1. The van der Waals surface area contributed by atoms with E-state index in [4.69, 9.17) is 4.74 Å². The van der Waals surface area contributed by atoms with E-state index in [0.29, 0.717) is 31.6 Å². The van der Waals surface area contributed by atoms with Gasteiger partial charge >= 0.3 is 0 Å². The van der Waals surface area contributed by atoms with Crippen molar-refractivity contribution < 1.29 is 13.9 Å². The lowest BCUT2D eigenvalue weighted by Gasteiger charge is -2.38. The van der Waals surface area contributed by atoms with Crippen LogP contribution in [0.15, 0.2) is 41.2 Å². The molecule has 1 aromatic carbocycles. The van der Waals surface area contributed by atoms with Gasteiger partial charge in [-0.2, -0.15) is 5.10 Å². The fraction of sp³-hybridized carbons (Fsp3) is 0.312. The monoisotopic (exact) mass is 317 g/mol. The molecule has 120 valence electrons. The Bertz CT molecular complexity index is 749. The van der Waals surface area contributed by atoms with Gasteiger partial charge in [0.25, 0.3) is 11.5 Å². The Balaban J connectivity index is 1.91. The van der Waals surface area contributed by atoms with E-state index >= 15 is 0 Å². The van der Waals surface area contributed by atoms with E-state index in [1.54, 1.807) is 12.1 Å². The van der Waals surface area contributed by atoms with E-state index in [1.165, 1.54) is 24.3 Å². The molecule has 0 spiro atoms. The van der Waals surface area contributed by atoms with E-state index in [1.807, 2.05) is 0 Å². The quantitative estimate of drug-likeness (QED) is 0.895. The lowest BCUT2D eigenvalue weighted by atomic mass is 9.82. The zero-order chi connectivity index (χ0) is 16.3. The molecule has 2 aromatic rings. The number of hydrogen-bond donors (Lipinski definition) is 2. The molecule has 6 nitrogen and oxygen atoms in total. The zero-order valence-corrected chi connectivity index (χ0v) is 12.3.